The third-order valence-electron chi connectivity index (χ3n) is 4.95. The van der Waals surface area contributed by atoms with Gasteiger partial charge in [-0.15, -0.1) is 0 Å². The Labute approximate surface area is 136 Å². The van der Waals surface area contributed by atoms with E-state index in [-0.39, 0.29) is 6.04 Å². The minimum atomic E-state index is -0.468. The van der Waals surface area contributed by atoms with Crippen molar-refractivity contribution < 1.29 is 9.84 Å². The molecule has 1 aromatic heterocycles. The Morgan fingerprint density at radius 2 is 1.91 bits per heavy atom. The average molecular weight is 310 g/mol. The van der Waals surface area contributed by atoms with Gasteiger partial charge in [0.1, 0.15) is 18.5 Å². The first-order valence-corrected chi connectivity index (χ1v) is 8.34. The predicted molar refractivity (Wildman–Crippen MR) is 89.5 cm³/mol. The van der Waals surface area contributed by atoms with Gasteiger partial charge in [-0.05, 0) is 62.2 Å². The Kier molecular flexibility index (Phi) is 3.79. The van der Waals surface area contributed by atoms with E-state index in [1.807, 2.05) is 31.3 Å². The zero-order valence-electron chi connectivity index (χ0n) is 13.4. The quantitative estimate of drug-likeness (QED) is 0.926. The highest BCUT2D eigenvalue weighted by molar-refractivity contribution is 5.66. The maximum atomic E-state index is 10.8. The van der Waals surface area contributed by atoms with Crippen LogP contribution in [-0.2, 0) is 0 Å². The van der Waals surface area contributed by atoms with Crippen molar-refractivity contribution >= 4 is 0 Å². The van der Waals surface area contributed by atoms with Crippen LogP contribution in [0.15, 0.2) is 36.5 Å². The van der Waals surface area contributed by atoms with Crippen LogP contribution in [0.5, 0.6) is 5.75 Å². The van der Waals surface area contributed by atoms with Crippen LogP contribution in [0.1, 0.15) is 30.2 Å². The molecule has 4 heteroatoms. The fraction of sp³-hybridized carbons (Fsp3) is 0.421. The molecule has 1 fully saturated rings. The number of aliphatic hydroxyl groups excluding tert-OH is 1. The molecule has 1 N–H and O–H groups in total. The molecular formula is C19H22N2O2. The van der Waals surface area contributed by atoms with E-state index >= 15 is 0 Å². The number of ether oxygens (including phenoxy) is 1. The maximum Gasteiger partial charge on any atom is 0.125 e. The highest BCUT2D eigenvalue weighted by atomic mass is 16.5. The van der Waals surface area contributed by atoms with Crippen molar-refractivity contribution in [1.82, 2.24) is 9.88 Å². The van der Waals surface area contributed by atoms with Gasteiger partial charge in [0.25, 0.3) is 0 Å². The fourth-order valence-electron chi connectivity index (χ4n) is 3.66. The van der Waals surface area contributed by atoms with E-state index in [0.717, 1.165) is 41.2 Å². The van der Waals surface area contributed by atoms with Crippen LogP contribution in [0.3, 0.4) is 0 Å². The van der Waals surface area contributed by atoms with Crippen molar-refractivity contribution in [2.45, 2.75) is 31.9 Å². The van der Waals surface area contributed by atoms with Crippen molar-refractivity contribution in [3.8, 4) is 16.9 Å². The normalized spacial score (nSPS) is 24.3. The lowest BCUT2D eigenvalue weighted by atomic mass is 9.95. The van der Waals surface area contributed by atoms with E-state index in [0.29, 0.717) is 6.61 Å². The third-order valence-corrected chi connectivity index (χ3v) is 4.95. The summed E-state index contributed by atoms with van der Waals surface area (Å²) in [4.78, 5) is 6.60. The lowest BCUT2D eigenvalue weighted by molar-refractivity contribution is 0.0140. The third kappa shape index (κ3) is 2.73. The summed E-state index contributed by atoms with van der Waals surface area (Å²) in [6.45, 7) is 4.68. The summed E-state index contributed by atoms with van der Waals surface area (Å²) in [7, 11) is 0. The second-order valence-corrected chi connectivity index (χ2v) is 6.50. The molecule has 2 aromatic rings. The minimum Gasteiger partial charge on any atom is -0.491 e. The molecule has 23 heavy (non-hydrogen) atoms. The second-order valence-electron chi connectivity index (χ2n) is 6.50. The summed E-state index contributed by atoms with van der Waals surface area (Å²) in [5.74, 6) is 0.805. The van der Waals surface area contributed by atoms with Crippen LogP contribution >= 0.6 is 0 Å². The van der Waals surface area contributed by atoms with Crippen molar-refractivity contribution in [3.63, 3.8) is 0 Å². The Bertz CT molecular complexity index is 710. The van der Waals surface area contributed by atoms with Gasteiger partial charge in [-0.25, -0.2) is 0 Å². The van der Waals surface area contributed by atoms with Gasteiger partial charge in [0.2, 0.25) is 0 Å². The van der Waals surface area contributed by atoms with E-state index in [1.54, 1.807) is 0 Å². The molecular weight excluding hydrogens is 288 g/mol. The highest BCUT2D eigenvalue weighted by Gasteiger charge is 2.34. The molecule has 4 nitrogen and oxygen atoms in total. The van der Waals surface area contributed by atoms with E-state index in [9.17, 15) is 5.11 Å². The molecule has 0 aliphatic carbocycles. The van der Waals surface area contributed by atoms with Crippen molar-refractivity contribution in [1.29, 1.82) is 0 Å². The fourth-order valence-corrected chi connectivity index (χ4v) is 3.66. The standard InChI is InChI=1S/C19H22N2O2/c1-13-10-15(6-7-20-13)14-4-5-16-18(11-14)23-12-17(19(16)22)21-8-2-3-9-21/h4-7,10-11,17,19,22H,2-3,8-9,12H2,1H3/t17-,19-/m1/s1. The Morgan fingerprint density at radius 3 is 2.70 bits per heavy atom. The molecule has 0 bridgehead atoms. The zero-order valence-corrected chi connectivity index (χ0v) is 13.4. The Balaban J connectivity index is 1.63. The molecule has 0 spiro atoms. The predicted octanol–water partition coefficient (Wildman–Crippen LogP) is 2.95. The first-order chi connectivity index (χ1) is 11.2. The summed E-state index contributed by atoms with van der Waals surface area (Å²) in [5, 5.41) is 10.8. The first-order valence-electron chi connectivity index (χ1n) is 8.34. The number of hydrogen-bond donors (Lipinski definition) is 1. The number of fused-ring (bicyclic) bond motifs is 1. The van der Waals surface area contributed by atoms with Gasteiger partial charge in [-0.2, -0.15) is 0 Å². The summed E-state index contributed by atoms with van der Waals surface area (Å²) in [6.07, 6.45) is 3.79. The number of aromatic nitrogens is 1. The topological polar surface area (TPSA) is 45.6 Å². The number of aryl methyl sites for hydroxylation is 1. The van der Waals surface area contributed by atoms with E-state index < -0.39 is 6.10 Å². The molecule has 0 saturated carbocycles. The molecule has 0 amide bonds. The van der Waals surface area contributed by atoms with Gasteiger partial charge in [-0.3, -0.25) is 9.88 Å². The highest BCUT2D eigenvalue weighted by Crippen LogP contribution is 2.37. The lowest BCUT2D eigenvalue weighted by Gasteiger charge is -2.36. The molecule has 2 aliphatic rings. The van der Waals surface area contributed by atoms with Gasteiger partial charge >= 0.3 is 0 Å². The molecule has 0 radical (unpaired) electrons. The van der Waals surface area contributed by atoms with E-state index in [4.69, 9.17) is 4.74 Å². The van der Waals surface area contributed by atoms with Gasteiger partial charge in [0, 0.05) is 17.5 Å². The molecule has 3 heterocycles. The van der Waals surface area contributed by atoms with Crippen LogP contribution in [0.25, 0.3) is 11.1 Å². The van der Waals surface area contributed by atoms with E-state index in [1.165, 1.54) is 12.8 Å². The van der Waals surface area contributed by atoms with Gasteiger partial charge in [0.05, 0.1) is 6.04 Å². The molecule has 120 valence electrons. The van der Waals surface area contributed by atoms with Crippen molar-refractivity contribution in [2.24, 2.45) is 0 Å². The van der Waals surface area contributed by atoms with Crippen molar-refractivity contribution in [3.05, 3.63) is 47.8 Å². The van der Waals surface area contributed by atoms with Gasteiger partial charge in [-0.1, -0.05) is 12.1 Å². The summed E-state index contributed by atoms with van der Waals surface area (Å²) >= 11 is 0. The van der Waals surface area contributed by atoms with Crippen LogP contribution in [0.4, 0.5) is 0 Å². The van der Waals surface area contributed by atoms with Crippen molar-refractivity contribution in [2.75, 3.05) is 19.7 Å². The number of nitrogens with zero attached hydrogens (tertiary/aromatic N) is 2. The number of likely N-dealkylation sites (tertiary alicyclic amines) is 1. The maximum absolute atomic E-state index is 10.8. The number of rotatable bonds is 2. The smallest absolute Gasteiger partial charge is 0.125 e. The zero-order chi connectivity index (χ0) is 15.8. The number of pyridine rings is 1. The molecule has 4 rings (SSSR count). The van der Waals surface area contributed by atoms with Crippen LogP contribution < -0.4 is 4.74 Å². The summed E-state index contributed by atoms with van der Waals surface area (Å²) in [6, 6.07) is 10.3. The largest absolute Gasteiger partial charge is 0.491 e. The molecule has 0 unspecified atom stereocenters. The van der Waals surface area contributed by atoms with Crippen LogP contribution in [0.2, 0.25) is 0 Å². The molecule has 2 atom stereocenters. The number of hydrogen-bond acceptors (Lipinski definition) is 4. The van der Waals surface area contributed by atoms with Crippen LogP contribution in [-0.4, -0.2) is 40.7 Å². The second kappa shape index (κ2) is 5.95. The molecule has 1 saturated heterocycles. The average Bonchev–Trinajstić information content (AvgIpc) is 3.09. The summed E-state index contributed by atoms with van der Waals surface area (Å²) < 4.78 is 5.99. The van der Waals surface area contributed by atoms with Gasteiger partial charge in [0.15, 0.2) is 0 Å². The Morgan fingerprint density at radius 1 is 1.13 bits per heavy atom. The molecule has 1 aromatic carbocycles. The SMILES string of the molecule is Cc1cc(-c2ccc3c(c2)OC[C@@H](N2CCCC2)[C@@H]3O)ccn1. The monoisotopic (exact) mass is 310 g/mol. The van der Waals surface area contributed by atoms with Gasteiger partial charge < -0.3 is 9.84 Å². The van der Waals surface area contributed by atoms with Crippen LogP contribution in [0, 0.1) is 6.92 Å². The number of aliphatic hydroxyl groups is 1. The summed E-state index contributed by atoms with van der Waals surface area (Å²) in [5.41, 5.74) is 4.12. The minimum absolute atomic E-state index is 0.0824. The number of benzene rings is 1. The molecule has 2 aliphatic heterocycles. The first kappa shape index (κ1) is 14.7. The lowest BCUT2D eigenvalue weighted by Crippen LogP contribution is -2.44. The Hall–Kier alpha value is -1.91. The van der Waals surface area contributed by atoms with E-state index in [2.05, 4.69) is 22.0 Å².